The Hall–Kier alpha value is -0.0900. The number of hydrogen-bond donors (Lipinski definition) is 1. The molecule has 0 atom stereocenters. The van der Waals surface area contributed by atoms with Crippen molar-refractivity contribution in [3.8, 4) is 0 Å². The van der Waals surface area contributed by atoms with Crippen LogP contribution in [-0.2, 0) is 9.84 Å². The van der Waals surface area contributed by atoms with Gasteiger partial charge in [-0.25, -0.2) is 8.42 Å². The van der Waals surface area contributed by atoms with Crippen molar-refractivity contribution in [3.63, 3.8) is 0 Å². The van der Waals surface area contributed by atoms with E-state index in [2.05, 4.69) is 20.1 Å². The Morgan fingerprint density at radius 2 is 1.79 bits per heavy atom. The molecular weight excluding hydrogens is 439 g/mol. The molecule has 24 heavy (non-hydrogen) atoms. The van der Waals surface area contributed by atoms with Crippen molar-refractivity contribution >= 4 is 39.8 Å². The second-order valence-electron chi connectivity index (χ2n) is 7.35. The van der Waals surface area contributed by atoms with Crippen LogP contribution in [0, 0.1) is 5.41 Å². The molecule has 1 N–H and O–H groups in total. The van der Waals surface area contributed by atoms with Crippen LogP contribution < -0.4 is 5.32 Å². The summed E-state index contributed by atoms with van der Waals surface area (Å²) in [5.41, 5.74) is 0.554. The third-order valence-electron chi connectivity index (χ3n) is 5.76. The fourth-order valence-corrected chi connectivity index (χ4v) is 5.56. The fraction of sp³-hybridized carbons (Fsp3) is 0.938. The quantitative estimate of drug-likeness (QED) is 0.381. The summed E-state index contributed by atoms with van der Waals surface area (Å²) in [6, 6.07) is 0. The molecule has 0 aromatic carbocycles. The Morgan fingerprint density at radius 3 is 2.42 bits per heavy atom. The van der Waals surface area contributed by atoms with Gasteiger partial charge >= 0.3 is 0 Å². The van der Waals surface area contributed by atoms with E-state index in [1.54, 1.807) is 0 Å². The molecule has 3 fully saturated rings. The summed E-state index contributed by atoms with van der Waals surface area (Å²) >= 11 is 0. The van der Waals surface area contributed by atoms with Gasteiger partial charge in [-0.15, -0.1) is 24.0 Å². The Balaban J connectivity index is 0.00000208. The minimum atomic E-state index is -2.78. The predicted octanol–water partition coefficient (Wildman–Crippen LogP) is 1.18. The third-order valence-corrected chi connectivity index (χ3v) is 7.37. The standard InChI is InChI=1S/C16H30N4O2S.HI/c1-17-15(20-8-6-16(14-20)4-2-3-5-16)18-7-9-19-10-12-23(21,22)13-11-19;/h2-14H2,1H3,(H,17,18);1H. The highest BCUT2D eigenvalue weighted by molar-refractivity contribution is 14.0. The molecule has 6 nitrogen and oxygen atoms in total. The van der Waals surface area contributed by atoms with Gasteiger partial charge in [0, 0.05) is 46.3 Å². The number of likely N-dealkylation sites (tertiary alicyclic amines) is 1. The first kappa shape index (κ1) is 20.2. The van der Waals surface area contributed by atoms with Crippen molar-refractivity contribution in [2.75, 3.05) is 57.8 Å². The Bertz CT molecular complexity index is 532. The van der Waals surface area contributed by atoms with Gasteiger partial charge in [-0.05, 0) is 24.7 Å². The number of rotatable bonds is 3. The van der Waals surface area contributed by atoms with Crippen molar-refractivity contribution in [1.82, 2.24) is 15.1 Å². The number of nitrogens with zero attached hydrogens (tertiary/aromatic N) is 3. The largest absolute Gasteiger partial charge is 0.355 e. The zero-order valence-corrected chi connectivity index (χ0v) is 17.8. The number of sulfone groups is 1. The number of aliphatic imine (C=N–C) groups is 1. The first-order chi connectivity index (χ1) is 11.0. The van der Waals surface area contributed by atoms with Gasteiger partial charge in [0.15, 0.2) is 15.8 Å². The molecule has 2 saturated heterocycles. The van der Waals surface area contributed by atoms with Gasteiger partial charge in [-0.3, -0.25) is 9.89 Å². The summed E-state index contributed by atoms with van der Waals surface area (Å²) in [5, 5.41) is 3.47. The number of guanidine groups is 1. The van der Waals surface area contributed by atoms with E-state index in [0.717, 1.165) is 32.1 Å². The Kier molecular flexibility index (Phi) is 7.19. The van der Waals surface area contributed by atoms with Crippen LogP contribution >= 0.6 is 24.0 Å². The topological polar surface area (TPSA) is 65.0 Å². The van der Waals surface area contributed by atoms with Gasteiger partial charge in [0.1, 0.15) is 0 Å². The lowest BCUT2D eigenvalue weighted by molar-refractivity contribution is 0.294. The van der Waals surface area contributed by atoms with E-state index < -0.39 is 9.84 Å². The van der Waals surface area contributed by atoms with Crippen LogP contribution in [0.3, 0.4) is 0 Å². The van der Waals surface area contributed by atoms with Crippen LogP contribution in [0.25, 0.3) is 0 Å². The molecular formula is C16H31IN4O2S. The number of hydrogen-bond acceptors (Lipinski definition) is 4. The smallest absolute Gasteiger partial charge is 0.193 e. The van der Waals surface area contributed by atoms with Crippen LogP contribution in [-0.4, -0.2) is 82.0 Å². The van der Waals surface area contributed by atoms with Crippen molar-refractivity contribution < 1.29 is 8.42 Å². The molecule has 0 amide bonds. The van der Waals surface area contributed by atoms with Gasteiger partial charge in [0.2, 0.25) is 0 Å². The summed E-state index contributed by atoms with van der Waals surface area (Å²) < 4.78 is 22.9. The van der Waals surface area contributed by atoms with E-state index in [0.29, 0.717) is 30.0 Å². The summed E-state index contributed by atoms with van der Waals surface area (Å²) in [6.45, 7) is 5.30. The SMILES string of the molecule is CN=C(NCCN1CCS(=O)(=O)CC1)N1CCC2(CCCC2)C1.I. The minimum Gasteiger partial charge on any atom is -0.355 e. The molecule has 0 unspecified atom stereocenters. The van der Waals surface area contributed by atoms with Crippen LogP contribution in [0.1, 0.15) is 32.1 Å². The fourth-order valence-electron chi connectivity index (χ4n) is 4.28. The molecule has 2 aliphatic heterocycles. The molecule has 2 heterocycles. The lowest BCUT2D eigenvalue weighted by Gasteiger charge is -2.28. The van der Waals surface area contributed by atoms with Gasteiger partial charge in [0.05, 0.1) is 11.5 Å². The molecule has 3 rings (SSSR count). The summed E-state index contributed by atoms with van der Waals surface area (Å²) in [4.78, 5) is 9.08. The molecule has 0 aromatic rings. The van der Waals surface area contributed by atoms with Crippen LogP contribution in [0.15, 0.2) is 4.99 Å². The first-order valence-corrected chi connectivity index (χ1v) is 10.7. The molecule has 0 aromatic heterocycles. The lowest BCUT2D eigenvalue weighted by atomic mass is 9.86. The maximum Gasteiger partial charge on any atom is 0.193 e. The summed E-state index contributed by atoms with van der Waals surface area (Å²) in [6.07, 6.45) is 6.83. The summed E-state index contributed by atoms with van der Waals surface area (Å²) in [5.74, 6) is 1.62. The van der Waals surface area contributed by atoms with Crippen LogP contribution in [0.5, 0.6) is 0 Å². The maximum atomic E-state index is 11.5. The van der Waals surface area contributed by atoms with E-state index >= 15 is 0 Å². The van der Waals surface area contributed by atoms with Crippen LogP contribution in [0.2, 0.25) is 0 Å². The van der Waals surface area contributed by atoms with E-state index in [4.69, 9.17) is 0 Å². The second-order valence-corrected chi connectivity index (χ2v) is 9.65. The molecule has 1 spiro atoms. The highest BCUT2D eigenvalue weighted by atomic mass is 127. The van der Waals surface area contributed by atoms with E-state index in [9.17, 15) is 8.42 Å². The van der Waals surface area contributed by atoms with Crippen LogP contribution in [0.4, 0.5) is 0 Å². The van der Waals surface area contributed by atoms with E-state index in [-0.39, 0.29) is 24.0 Å². The third kappa shape index (κ3) is 4.97. The molecule has 140 valence electrons. The molecule has 3 aliphatic rings. The van der Waals surface area contributed by atoms with Gasteiger partial charge in [-0.2, -0.15) is 0 Å². The molecule has 0 radical (unpaired) electrons. The molecule has 1 saturated carbocycles. The number of halogens is 1. The second kappa shape index (κ2) is 8.53. The predicted molar refractivity (Wildman–Crippen MR) is 109 cm³/mol. The highest BCUT2D eigenvalue weighted by Crippen LogP contribution is 2.45. The van der Waals surface area contributed by atoms with E-state index in [1.165, 1.54) is 32.1 Å². The normalized spacial score (nSPS) is 26.5. The zero-order chi connectivity index (χ0) is 16.3. The Labute approximate surface area is 163 Å². The van der Waals surface area contributed by atoms with Crippen molar-refractivity contribution in [2.24, 2.45) is 10.4 Å². The van der Waals surface area contributed by atoms with Crippen molar-refractivity contribution in [3.05, 3.63) is 0 Å². The lowest BCUT2D eigenvalue weighted by Crippen LogP contribution is -2.46. The van der Waals surface area contributed by atoms with Crippen molar-refractivity contribution in [1.29, 1.82) is 0 Å². The Morgan fingerprint density at radius 1 is 1.12 bits per heavy atom. The summed E-state index contributed by atoms with van der Waals surface area (Å²) in [7, 11) is -0.925. The van der Waals surface area contributed by atoms with Gasteiger partial charge in [0.25, 0.3) is 0 Å². The molecule has 1 aliphatic carbocycles. The van der Waals surface area contributed by atoms with E-state index in [1.807, 2.05) is 7.05 Å². The zero-order valence-electron chi connectivity index (χ0n) is 14.7. The average molecular weight is 470 g/mol. The maximum absolute atomic E-state index is 11.5. The number of nitrogens with one attached hydrogen (secondary N) is 1. The minimum absolute atomic E-state index is 0. The molecule has 8 heteroatoms. The van der Waals surface area contributed by atoms with Gasteiger partial charge < -0.3 is 10.2 Å². The van der Waals surface area contributed by atoms with Gasteiger partial charge in [-0.1, -0.05) is 12.8 Å². The highest BCUT2D eigenvalue weighted by Gasteiger charge is 2.41. The van der Waals surface area contributed by atoms with Crippen molar-refractivity contribution in [2.45, 2.75) is 32.1 Å². The molecule has 0 bridgehead atoms. The average Bonchev–Trinajstić information content (AvgIpc) is 3.16. The first-order valence-electron chi connectivity index (χ1n) is 8.90. The monoisotopic (exact) mass is 470 g/mol.